The molecular formula is C17H26FNOS. The van der Waals surface area contributed by atoms with E-state index < -0.39 is 0 Å². The van der Waals surface area contributed by atoms with Crippen LogP contribution in [0.4, 0.5) is 4.39 Å². The summed E-state index contributed by atoms with van der Waals surface area (Å²) in [5.74, 6) is 0.858. The number of ether oxygens (including phenoxy) is 1. The normalized spacial score (nSPS) is 19.8. The summed E-state index contributed by atoms with van der Waals surface area (Å²) in [5.41, 5.74) is 0. The first-order chi connectivity index (χ1) is 10.3. The molecule has 118 valence electrons. The van der Waals surface area contributed by atoms with E-state index in [2.05, 4.69) is 12.2 Å². The molecule has 0 aliphatic carbocycles. The first-order valence-electron chi connectivity index (χ1n) is 8.01. The highest BCUT2D eigenvalue weighted by atomic mass is 32.2. The lowest BCUT2D eigenvalue weighted by Gasteiger charge is -2.20. The number of thioether (sulfide) groups is 1. The van der Waals surface area contributed by atoms with Crippen LogP contribution in [0.5, 0.6) is 0 Å². The van der Waals surface area contributed by atoms with Crippen LogP contribution in [0.3, 0.4) is 0 Å². The van der Waals surface area contributed by atoms with Crippen LogP contribution in [0.2, 0.25) is 0 Å². The monoisotopic (exact) mass is 311 g/mol. The Morgan fingerprint density at radius 3 is 2.86 bits per heavy atom. The van der Waals surface area contributed by atoms with E-state index in [1.54, 1.807) is 11.8 Å². The number of halogens is 1. The predicted molar refractivity (Wildman–Crippen MR) is 87.4 cm³/mol. The molecule has 0 aromatic heterocycles. The van der Waals surface area contributed by atoms with Crippen LogP contribution >= 0.6 is 11.8 Å². The summed E-state index contributed by atoms with van der Waals surface area (Å²) in [4.78, 5) is 1.14. The topological polar surface area (TPSA) is 21.3 Å². The summed E-state index contributed by atoms with van der Waals surface area (Å²) in [7, 11) is 0. The minimum Gasteiger partial charge on any atom is -0.378 e. The number of hydrogen-bond donors (Lipinski definition) is 1. The fraction of sp³-hybridized carbons (Fsp3) is 0.647. The average molecular weight is 311 g/mol. The summed E-state index contributed by atoms with van der Waals surface area (Å²) in [5, 5.41) is 3.62. The van der Waals surface area contributed by atoms with Crippen LogP contribution in [0, 0.1) is 5.82 Å². The molecule has 1 aliphatic rings. The van der Waals surface area contributed by atoms with Crippen molar-refractivity contribution in [1.82, 2.24) is 5.32 Å². The molecular weight excluding hydrogens is 285 g/mol. The van der Waals surface area contributed by atoms with Crippen molar-refractivity contribution < 1.29 is 9.13 Å². The van der Waals surface area contributed by atoms with Crippen LogP contribution in [-0.4, -0.2) is 31.1 Å². The van der Waals surface area contributed by atoms with E-state index in [1.165, 1.54) is 25.0 Å². The van der Waals surface area contributed by atoms with Crippen LogP contribution < -0.4 is 5.32 Å². The first kappa shape index (κ1) is 16.8. The van der Waals surface area contributed by atoms with Gasteiger partial charge in [0.1, 0.15) is 5.82 Å². The molecule has 1 N–H and O–H groups in total. The third-order valence-electron chi connectivity index (χ3n) is 3.81. The molecule has 1 heterocycles. The minimum atomic E-state index is -0.168. The van der Waals surface area contributed by atoms with E-state index in [-0.39, 0.29) is 5.82 Å². The van der Waals surface area contributed by atoms with Crippen molar-refractivity contribution in [3.05, 3.63) is 30.1 Å². The number of rotatable bonds is 9. The molecule has 0 saturated carbocycles. The zero-order valence-electron chi connectivity index (χ0n) is 12.8. The third kappa shape index (κ3) is 6.37. The second-order valence-corrected chi connectivity index (χ2v) is 6.72. The predicted octanol–water partition coefficient (Wildman–Crippen LogP) is 4.25. The number of hydrogen-bond acceptors (Lipinski definition) is 3. The SMILES string of the molecule is CCCNC(CCC1CCCO1)CSc1ccc(F)cc1. The molecule has 0 bridgehead atoms. The Morgan fingerprint density at radius 2 is 2.19 bits per heavy atom. The fourth-order valence-corrected chi connectivity index (χ4v) is 3.59. The molecule has 2 unspecified atom stereocenters. The second-order valence-electron chi connectivity index (χ2n) is 5.63. The van der Waals surface area contributed by atoms with E-state index in [9.17, 15) is 4.39 Å². The van der Waals surface area contributed by atoms with Gasteiger partial charge in [0.15, 0.2) is 0 Å². The Morgan fingerprint density at radius 1 is 1.38 bits per heavy atom. The van der Waals surface area contributed by atoms with E-state index in [1.807, 2.05) is 12.1 Å². The van der Waals surface area contributed by atoms with Gasteiger partial charge in [0.2, 0.25) is 0 Å². The van der Waals surface area contributed by atoms with Gasteiger partial charge in [-0.3, -0.25) is 0 Å². The van der Waals surface area contributed by atoms with Crippen LogP contribution in [0.15, 0.2) is 29.2 Å². The van der Waals surface area contributed by atoms with Gasteiger partial charge in [-0.25, -0.2) is 4.39 Å². The van der Waals surface area contributed by atoms with E-state index >= 15 is 0 Å². The first-order valence-corrected chi connectivity index (χ1v) is 9.00. The largest absolute Gasteiger partial charge is 0.378 e. The Hall–Kier alpha value is -0.580. The minimum absolute atomic E-state index is 0.168. The van der Waals surface area contributed by atoms with E-state index in [4.69, 9.17) is 4.74 Å². The molecule has 0 amide bonds. The van der Waals surface area contributed by atoms with Crippen LogP contribution in [-0.2, 0) is 4.74 Å². The van der Waals surface area contributed by atoms with Gasteiger partial charge in [-0.15, -0.1) is 11.8 Å². The molecule has 1 aliphatic heterocycles. The van der Waals surface area contributed by atoms with Gasteiger partial charge in [0.05, 0.1) is 6.10 Å². The molecule has 0 radical (unpaired) electrons. The van der Waals surface area contributed by atoms with Crippen molar-refractivity contribution in [2.24, 2.45) is 0 Å². The molecule has 1 aromatic carbocycles. The highest BCUT2D eigenvalue weighted by Gasteiger charge is 2.17. The maximum Gasteiger partial charge on any atom is 0.123 e. The maximum atomic E-state index is 12.9. The van der Waals surface area contributed by atoms with Gasteiger partial charge < -0.3 is 10.1 Å². The molecule has 1 fully saturated rings. The van der Waals surface area contributed by atoms with Crippen molar-refractivity contribution >= 4 is 11.8 Å². The van der Waals surface area contributed by atoms with E-state index in [0.717, 1.165) is 43.1 Å². The highest BCUT2D eigenvalue weighted by molar-refractivity contribution is 7.99. The Bertz CT molecular complexity index is 392. The van der Waals surface area contributed by atoms with Crippen molar-refractivity contribution in [3.63, 3.8) is 0 Å². The molecule has 2 rings (SSSR count). The zero-order valence-corrected chi connectivity index (χ0v) is 13.6. The standard InChI is InChI=1S/C17H26FNOS/c1-2-11-19-15(7-8-16-4-3-12-20-16)13-21-17-9-5-14(18)6-10-17/h5-6,9-10,15-16,19H,2-4,7-8,11-13H2,1H3. The molecule has 1 saturated heterocycles. The zero-order chi connectivity index (χ0) is 14.9. The van der Waals surface area contributed by atoms with Gasteiger partial charge in [-0.05, 0) is 62.9 Å². The molecule has 4 heteroatoms. The Kier molecular flexibility index (Phi) is 7.54. The number of benzene rings is 1. The summed E-state index contributed by atoms with van der Waals surface area (Å²) in [6.45, 7) is 4.18. The van der Waals surface area contributed by atoms with Gasteiger partial charge in [-0.2, -0.15) is 0 Å². The summed E-state index contributed by atoms with van der Waals surface area (Å²) in [6, 6.07) is 7.28. The lowest BCUT2D eigenvalue weighted by molar-refractivity contribution is 0.100. The van der Waals surface area contributed by atoms with Gasteiger partial charge in [0, 0.05) is 23.3 Å². The van der Waals surface area contributed by atoms with E-state index in [0.29, 0.717) is 12.1 Å². The van der Waals surface area contributed by atoms with Crippen LogP contribution in [0.25, 0.3) is 0 Å². The maximum absolute atomic E-state index is 12.9. The summed E-state index contributed by atoms with van der Waals surface area (Å²) < 4.78 is 18.6. The lowest BCUT2D eigenvalue weighted by Crippen LogP contribution is -2.32. The van der Waals surface area contributed by atoms with Crippen LogP contribution in [0.1, 0.15) is 39.0 Å². The van der Waals surface area contributed by atoms with Gasteiger partial charge in [0.25, 0.3) is 0 Å². The van der Waals surface area contributed by atoms with Crippen molar-refractivity contribution in [2.45, 2.75) is 56.1 Å². The Labute approximate surface area is 131 Å². The Balaban J connectivity index is 1.75. The smallest absolute Gasteiger partial charge is 0.123 e. The fourth-order valence-electron chi connectivity index (χ4n) is 2.58. The number of nitrogens with one attached hydrogen (secondary N) is 1. The third-order valence-corrected chi connectivity index (χ3v) is 4.98. The quantitative estimate of drug-likeness (QED) is 0.689. The average Bonchev–Trinajstić information content (AvgIpc) is 3.01. The molecule has 0 spiro atoms. The molecule has 1 aromatic rings. The van der Waals surface area contributed by atoms with Gasteiger partial charge >= 0.3 is 0 Å². The molecule has 2 nitrogen and oxygen atoms in total. The summed E-state index contributed by atoms with van der Waals surface area (Å²) >= 11 is 1.80. The molecule has 2 atom stereocenters. The second kappa shape index (κ2) is 9.44. The van der Waals surface area contributed by atoms with Crippen molar-refractivity contribution in [2.75, 3.05) is 18.9 Å². The van der Waals surface area contributed by atoms with Crippen molar-refractivity contribution in [3.8, 4) is 0 Å². The highest BCUT2D eigenvalue weighted by Crippen LogP contribution is 2.22. The van der Waals surface area contributed by atoms with Gasteiger partial charge in [-0.1, -0.05) is 6.92 Å². The van der Waals surface area contributed by atoms with Crippen molar-refractivity contribution in [1.29, 1.82) is 0 Å². The summed E-state index contributed by atoms with van der Waals surface area (Å²) in [6.07, 6.45) is 6.34. The lowest BCUT2D eigenvalue weighted by atomic mass is 10.1. The molecule has 21 heavy (non-hydrogen) atoms.